The van der Waals surface area contributed by atoms with Gasteiger partial charge in [-0.1, -0.05) is 6.07 Å². The number of carboxylic acid groups (broad SMARTS) is 1. The lowest BCUT2D eigenvalue weighted by atomic mass is 10.1. The van der Waals surface area contributed by atoms with Crippen molar-refractivity contribution in [1.29, 1.82) is 5.26 Å². The van der Waals surface area contributed by atoms with Crippen molar-refractivity contribution in [2.24, 2.45) is 0 Å². The molecule has 0 saturated carbocycles. The summed E-state index contributed by atoms with van der Waals surface area (Å²) < 4.78 is 10.6. The van der Waals surface area contributed by atoms with Crippen LogP contribution in [0.5, 0.6) is 11.5 Å². The number of nitriles is 1. The molecule has 35 heavy (non-hydrogen) atoms. The molecule has 0 aliphatic carbocycles. The fraction of sp³-hybridized carbons (Fsp3) is 0.0833. The zero-order chi connectivity index (χ0) is 25.5. The average Bonchev–Trinajstić information content (AvgIpc) is 2.85. The van der Waals surface area contributed by atoms with Gasteiger partial charge in [0.05, 0.1) is 40.0 Å². The fourth-order valence-corrected chi connectivity index (χ4v) is 3.02. The highest BCUT2D eigenvalue weighted by atomic mass is 16.6. The van der Waals surface area contributed by atoms with Crippen molar-refractivity contribution in [3.05, 3.63) is 93.0 Å². The number of carboxylic acids is 1. The van der Waals surface area contributed by atoms with Gasteiger partial charge in [-0.3, -0.25) is 14.9 Å². The normalized spacial score (nSPS) is 10.1. The highest BCUT2D eigenvalue weighted by Gasteiger charge is 2.20. The summed E-state index contributed by atoms with van der Waals surface area (Å²) in [6.07, 6.45) is 0. The number of carbonyl (C=O) groups excluding carboxylic acids is 2. The first kappa shape index (κ1) is 24.4. The summed E-state index contributed by atoms with van der Waals surface area (Å²) in [7, 11) is 0. The van der Waals surface area contributed by atoms with Crippen LogP contribution in [0.1, 0.15) is 43.6 Å². The van der Waals surface area contributed by atoms with Crippen LogP contribution in [-0.2, 0) is 4.74 Å². The molecule has 0 aliphatic heterocycles. The molecule has 0 heterocycles. The summed E-state index contributed by atoms with van der Waals surface area (Å²) in [5, 5.41) is 32.3. The van der Waals surface area contributed by atoms with Gasteiger partial charge in [-0.05, 0) is 49.4 Å². The Labute approximate surface area is 198 Å². The number of nitrogens with one attached hydrogen (secondary N) is 1. The Morgan fingerprint density at radius 3 is 2.51 bits per heavy atom. The maximum atomic E-state index is 12.7. The predicted octanol–water partition coefficient (Wildman–Crippen LogP) is 4.39. The number of carbonyl (C=O) groups is 3. The number of rotatable bonds is 8. The van der Waals surface area contributed by atoms with Crippen molar-refractivity contribution in [2.45, 2.75) is 6.92 Å². The molecule has 0 aliphatic rings. The van der Waals surface area contributed by atoms with E-state index in [1.807, 2.05) is 6.07 Å². The van der Waals surface area contributed by atoms with Gasteiger partial charge in [-0.25, -0.2) is 9.59 Å². The summed E-state index contributed by atoms with van der Waals surface area (Å²) in [6.45, 7) is 1.65. The van der Waals surface area contributed by atoms with Gasteiger partial charge < -0.3 is 19.9 Å². The molecule has 0 bridgehead atoms. The lowest BCUT2D eigenvalue weighted by Crippen LogP contribution is -2.13. The quantitative estimate of drug-likeness (QED) is 0.272. The number of esters is 1. The van der Waals surface area contributed by atoms with E-state index < -0.39 is 22.8 Å². The van der Waals surface area contributed by atoms with E-state index >= 15 is 0 Å². The highest BCUT2D eigenvalue weighted by molar-refractivity contribution is 6.05. The number of nitro benzene ring substituents is 1. The molecule has 0 aromatic heterocycles. The van der Waals surface area contributed by atoms with Gasteiger partial charge >= 0.3 is 11.9 Å². The van der Waals surface area contributed by atoms with Gasteiger partial charge in [0.25, 0.3) is 11.6 Å². The summed E-state index contributed by atoms with van der Waals surface area (Å²) in [4.78, 5) is 46.8. The Morgan fingerprint density at radius 2 is 1.86 bits per heavy atom. The molecule has 1 amide bonds. The maximum Gasteiger partial charge on any atom is 0.339 e. The Bertz CT molecular complexity index is 1380. The third-order valence-corrected chi connectivity index (χ3v) is 4.62. The van der Waals surface area contributed by atoms with Crippen LogP contribution in [0.15, 0.2) is 60.7 Å². The number of nitro groups is 1. The molecule has 0 unspecified atom stereocenters. The monoisotopic (exact) mass is 475 g/mol. The van der Waals surface area contributed by atoms with E-state index in [1.54, 1.807) is 6.92 Å². The molecule has 3 rings (SSSR count). The van der Waals surface area contributed by atoms with Crippen molar-refractivity contribution < 1.29 is 33.9 Å². The van der Waals surface area contributed by atoms with Gasteiger partial charge in [-0.2, -0.15) is 5.26 Å². The smallest absolute Gasteiger partial charge is 0.339 e. The molecule has 0 saturated heterocycles. The zero-order valence-electron chi connectivity index (χ0n) is 18.2. The topological polar surface area (TPSA) is 169 Å². The molecule has 11 nitrogen and oxygen atoms in total. The number of anilines is 1. The van der Waals surface area contributed by atoms with Gasteiger partial charge in [0.15, 0.2) is 5.75 Å². The first-order valence-electron chi connectivity index (χ1n) is 10.1. The Morgan fingerprint density at radius 1 is 1.09 bits per heavy atom. The zero-order valence-corrected chi connectivity index (χ0v) is 18.2. The molecule has 3 aromatic rings. The van der Waals surface area contributed by atoms with Crippen LogP contribution in [0.25, 0.3) is 0 Å². The third-order valence-electron chi connectivity index (χ3n) is 4.62. The molecular weight excluding hydrogens is 458 g/mol. The standard InChI is InChI=1S/C24H17N3O8/c1-2-34-24(31)18-8-7-17(12-19(18)23(29)30)35-21-9-6-14(13-25)10-20(21)26-22(28)15-4-3-5-16(11-15)27(32)33/h3-12H,2H2,1H3,(H,26,28)(H,29,30). The minimum Gasteiger partial charge on any atom is -0.478 e. The van der Waals surface area contributed by atoms with E-state index in [9.17, 15) is 34.9 Å². The molecule has 0 fully saturated rings. The number of nitrogens with zero attached hydrogens (tertiary/aromatic N) is 2. The van der Waals surface area contributed by atoms with Gasteiger partial charge in [0, 0.05) is 17.7 Å². The van der Waals surface area contributed by atoms with Gasteiger partial charge in [0.2, 0.25) is 0 Å². The van der Waals surface area contributed by atoms with Crippen LogP contribution in [0, 0.1) is 21.4 Å². The second-order valence-corrected chi connectivity index (χ2v) is 6.92. The van der Waals surface area contributed by atoms with E-state index in [4.69, 9.17) is 9.47 Å². The maximum absolute atomic E-state index is 12.7. The van der Waals surface area contributed by atoms with E-state index in [0.717, 1.165) is 12.1 Å². The molecule has 0 atom stereocenters. The van der Waals surface area contributed by atoms with Crippen LogP contribution < -0.4 is 10.1 Å². The SMILES string of the molecule is CCOC(=O)c1ccc(Oc2ccc(C#N)cc2NC(=O)c2cccc([N+](=O)[O-])c2)cc1C(=O)O. The minimum atomic E-state index is -1.38. The predicted molar refractivity (Wildman–Crippen MR) is 122 cm³/mol. The van der Waals surface area contributed by atoms with E-state index in [2.05, 4.69) is 5.32 Å². The van der Waals surface area contributed by atoms with Crippen molar-refractivity contribution >= 4 is 29.2 Å². The molecule has 2 N–H and O–H groups in total. The average molecular weight is 475 g/mol. The molecule has 176 valence electrons. The summed E-state index contributed by atoms with van der Waals surface area (Å²) in [5.74, 6) is -2.79. The third kappa shape index (κ3) is 5.77. The summed E-state index contributed by atoms with van der Waals surface area (Å²) in [6, 6.07) is 14.8. The van der Waals surface area contributed by atoms with Crippen molar-refractivity contribution in [3.8, 4) is 17.6 Å². The number of benzene rings is 3. The number of aromatic carboxylic acids is 1. The largest absolute Gasteiger partial charge is 0.478 e. The number of hydrogen-bond donors (Lipinski definition) is 2. The first-order chi connectivity index (χ1) is 16.7. The summed E-state index contributed by atoms with van der Waals surface area (Å²) in [5.41, 5.74) is -0.535. The van der Waals surface area contributed by atoms with E-state index in [-0.39, 0.29) is 51.7 Å². The number of amides is 1. The fourth-order valence-electron chi connectivity index (χ4n) is 3.02. The summed E-state index contributed by atoms with van der Waals surface area (Å²) >= 11 is 0. The van der Waals surface area contributed by atoms with Crippen LogP contribution in [-0.4, -0.2) is 34.5 Å². The Balaban J connectivity index is 1.95. The van der Waals surface area contributed by atoms with Crippen molar-refractivity contribution in [3.63, 3.8) is 0 Å². The molecule has 11 heteroatoms. The van der Waals surface area contributed by atoms with Crippen LogP contribution in [0.4, 0.5) is 11.4 Å². The number of hydrogen-bond acceptors (Lipinski definition) is 8. The number of ether oxygens (including phenoxy) is 2. The first-order valence-corrected chi connectivity index (χ1v) is 10.1. The lowest BCUT2D eigenvalue weighted by Gasteiger charge is -2.14. The molecular formula is C24H17N3O8. The Hall–Kier alpha value is -5.24. The molecule has 0 spiro atoms. The molecule has 0 radical (unpaired) electrons. The minimum absolute atomic E-state index is 0.000497. The van der Waals surface area contributed by atoms with Gasteiger partial charge in [-0.15, -0.1) is 0 Å². The van der Waals surface area contributed by atoms with Crippen molar-refractivity contribution in [2.75, 3.05) is 11.9 Å². The van der Waals surface area contributed by atoms with Crippen molar-refractivity contribution in [1.82, 2.24) is 0 Å². The van der Waals surface area contributed by atoms with E-state index in [1.165, 1.54) is 48.5 Å². The second kappa shape index (κ2) is 10.6. The lowest BCUT2D eigenvalue weighted by molar-refractivity contribution is -0.384. The number of non-ortho nitro benzene ring substituents is 1. The second-order valence-electron chi connectivity index (χ2n) is 6.92. The van der Waals surface area contributed by atoms with E-state index in [0.29, 0.717) is 0 Å². The van der Waals surface area contributed by atoms with Crippen LogP contribution >= 0.6 is 0 Å². The Kier molecular flexibility index (Phi) is 7.38. The molecule has 3 aromatic carbocycles. The van der Waals surface area contributed by atoms with Crippen LogP contribution in [0.2, 0.25) is 0 Å². The van der Waals surface area contributed by atoms with Gasteiger partial charge in [0.1, 0.15) is 5.75 Å². The van der Waals surface area contributed by atoms with Crippen LogP contribution in [0.3, 0.4) is 0 Å². The highest BCUT2D eigenvalue weighted by Crippen LogP contribution is 2.32.